The van der Waals surface area contributed by atoms with Gasteiger partial charge in [-0.05, 0) is 35.4 Å². The van der Waals surface area contributed by atoms with Gasteiger partial charge in [0.1, 0.15) is 6.07 Å². The Morgan fingerprint density at radius 1 is 1.21 bits per heavy atom. The molecule has 0 N–H and O–H groups in total. The molecule has 0 amide bonds. The number of benzene rings is 1. The lowest BCUT2D eigenvalue weighted by Gasteiger charge is -2.21. The van der Waals surface area contributed by atoms with E-state index in [4.69, 9.17) is 0 Å². The van der Waals surface area contributed by atoms with Gasteiger partial charge >= 0.3 is 0 Å². The van der Waals surface area contributed by atoms with Crippen LogP contribution in [0.15, 0.2) is 42.7 Å². The van der Waals surface area contributed by atoms with Crippen molar-refractivity contribution in [3.8, 4) is 6.07 Å². The van der Waals surface area contributed by atoms with Crippen molar-refractivity contribution < 1.29 is 0 Å². The first kappa shape index (κ1) is 13.6. The minimum Gasteiger partial charge on any atom is -0.369 e. The van der Waals surface area contributed by atoms with E-state index in [0.29, 0.717) is 5.56 Å². The van der Waals surface area contributed by atoms with Crippen molar-refractivity contribution in [2.75, 3.05) is 11.9 Å². The van der Waals surface area contributed by atoms with E-state index in [1.165, 1.54) is 5.56 Å². The molecule has 0 aliphatic heterocycles. The van der Waals surface area contributed by atoms with E-state index < -0.39 is 0 Å². The molecule has 0 aliphatic carbocycles. The van der Waals surface area contributed by atoms with Crippen LogP contribution < -0.4 is 4.90 Å². The standard InChI is InChI=1S/C15H14BrN3/c1-19(11-12-4-6-18-7-5-12)15-3-2-13(9-16)8-14(15)10-17/h2-8H,9,11H2,1H3. The Labute approximate surface area is 121 Å². The number of pyridine rings is 1. The zero-order valence-electron chi connectivity index (χ0n) is 10.7. The SMILES string of the molecule is CN(Cc1ccncc1)c1ccc(CBr)cc1C#N. The van der Waals surface area contributed by atoms with E-state index in [1.54, 1.807) is 12.4 Å². The summed E-state index contributed by atoms with van der Waals surface area (Å²) in [7, 11) is 1.99. The fourth-order valence-electron chi connectivity index (χ4n) is 1.94. The number of anilines is 1. The van der Waals surface area contributed by atoms with E-state index in [9.17, 15) is 5.26 Å². The van der Waals surface area contributed by atoms with Gasteiger partial charge in [-0.3, -0.25) is 4.98 Å². The summed E-state index contributed by atoms with van der Waals surface area (Å²) in [5.41, 5.74) is 3.93. The first-order valence-corrected chi connectivity index (χ1v) is 7.05. The van der Waals surface area contributed by atoms with Gasteiger partial charge in [0.25, 0.3) is 0 Å². The molecule has 1 heterocycles. The summed E-state index contributed by atoms with van der Waals surface area (Å²) in [5.74, 6) is 0. The van der Waals surface area contributed by atoms with Gasteiger partial charge in [-0.2, -0.15) is 5.26 Å². The third kappa shape index (κ3) is 3.33. The maximum Gasteiger partial charge on any atom is 0.101 e. The van der Waals surface area contributed by atoms with E-state index in [0.717, 1.165) is 23.1 Å². The Balaban J connectivity index is 2.24. The predicted molar refractivity (Wildman–Crippen MR) is 80.1 cm³/mol. The number of nitriles is 1. The van der Waals surface area contributed by atoms with Gasteiger partial charge in [0.2, 0.25) is 0 Å². The Morgan fingerprint density at radius 2 is 1.95 bits per heavy atom. The third-order valence-electron chi connectivity index (χ3n) is 2.92. The number of hydrogen-bond donors (Lipinski definition) is 0. The largest absolute Gasteiger partial charge is 0.369 e. The number of alkyl halides is 1. The average Bonchev–Trinajstić information content (AvgIpc) is 2.47. The molecule has 2 rings (SSSR count). The van der Waals surface area contributed by atoms with Crippen molar-refractivity contribution in [3.63, 3.8) is 0 Å². The molecule has 19 heavy (non-hydrogen) atoms. The van der Waals surface area contributed by atoms with Gasteiger partial charge in [0.05, 0.1) is 11.3 Å². The van der Waals surface area contributed by atoms with Crippen molar-refractivity contribution in [2.24, 2.45) is 0 Å². The lowest BCUT2D eigenvalue weighted by atomic mass is 10.1. The quantitative estimate of drug-likeness (QED) is 0.811. The first-order valence-electron chi connectivity index (χ1n) is 5.93. The van der Waals surface area contributed by atoms with Crippen molar-refractivity contribution in [3.05, 3.63) is 59.4 Å². The highest BCUT2D eigenvalue weighted by atomic mass is 79.9. The van der Waals surface area contributed by atoms with Crippen LogP contribution in [0.1, 0.15) is 16.7 Å². The highest BCUT2D eigenvalue weighted by molar-refractivity contribution is 9.08. The topological polar surface area (TPSA) is 39.9 Å². The molecule has 4 heteroatoms. The number of halogens is 1. The molecule has 0 radical (unpaired) electrons. The zero-order chi connectivity index (χ0) is 13.7. The molecule has 96 valence electrons. The van der Waals surface area contributed by atoms with Crippen LogP contribution in [0.3, 0.4) is 0 Å². The Hall–Kier alpha value is -1.86. The summed E-state index contributed by atoms with van der Waals surface area (Å²) in [4.78, 5) is 6.08. The minimum absolute atomic E-state index is 0.702. The molecule has 0 bridgehead atoms. The highest BCUT2D eigenvalue weighted by Crippen LogP contribution is 2.23. The fourth-order valence-corrected chi connectivity index (χ4v) is 2.28. The van der Waals surface area contributed by atoms with E-state index in [2.05, 4.69) is 31.9 Å². The molecule has 0 aliphatic rings. The minimum atomic E-state index is 0.702. The van der Waals surface area contributed by atoms with Crippen LogP contribution in [0.25, 0.3) is 0 Å². The van der Waals surface area contributed by atoms with Crippen LogP contribution in [-0.2, 0) is 11.9 Å². The molecule has 0 saturated heterocycles. The normalized spacial score (nSPS) is 9.95. The summed E-state index contributed by atoms with van der Waals surface area (Å²) in [5, 5.41) is 10.0. The molecule has 0 spiro atoms. The summed E-state index contributed by atoms with van der Waals surface area (Å²) >= 11 is 3.41. The second kappa shape index (κ2) is 6.35. The number of aromatic nitrogens is 1. The van der Waals surface area contributed by atoms with Crippen molar-refractivity contribution in [1.82, 2.24) is 4.98 Å². The average molecular weight is 316 g/mol. The summed E-state index contributed by atoms with van der Waals surface area (Å²) in [6.45, 7) is 0.755. The van der Waals surface area contributed by atoms with Gasteiger partial charge in [0, 0.05) is 31.3 Å². The Morgan fingerprint density at radius 3 is 2.58 bits per heavy atom. The summed E-state index contributed by atoms with van der Waals surface area (Å²) in [6.07, 6.45) is 3.56. The number of nitrogens with zero attached hydrogens (tertiary/aromatic N) is 3. The zero-order valence-corrected chi connectivity index (χ0v) is 12.3. The van der Waals surface area contributed by atoms with E-state index >= 15 is 0 Å². The van der Waals surface area contributed by atoms with Crippen LogP contribution in [0.4, 0.5) is 5.69 Å². The molecule has 0 unspecified atom stereocenters. The lowest BCUT2D eigenvalue weighted by molar-refractivity contribution is 0.917. The fraction of sp³-hybridized carbons (Fsp3) is 0.200. The smallest absolute Gasteiger partial charge is 0.101 e. The van der Waals surface area contributed by atoms with Crippen LogP contribution in [-0.4, -0.2) is 12.0 Å². The molecule has 3 nitrogen and oxygen atoms in total. The van der Waals surface area contributed by atoms with Gasteiger partial charge < -0.3 is 4.90 Å². The molecule has 1 aromatic heterocycles. The van der Waals surface area contributed by atoms with Crippen LogP contribution in [0, 0.1) is 11.3 Å². The van der Waals surface area contributed by atoms with Crippen LogP contribution >= 0.6 is 15.9 Å². The monoisotopic (exact) mass is 315 g/mol. The number of rotatable bonds is 4. The van der Waals surface area contributed by atoms with Crippen molar-refractivity contribution in [2.45, 2.75) is 11.9 Å². The molecule has 0 saturated carbocycles. The molecular weight excluding hydrogens is 302 g/mol. The lowest BCUT2D eigenvalue weighted by Crippen LogP contribution is -2.17. The Kier molecular flexibility index (Phi) is 4.53. The Bertz CT molecular complexity index is 590. The van der Waals surface area contributed by atoms with Gasteiger partial charge in [-0.15, -0.1) is 0 Å². The molecular formula is C15H14BrN3. The van der Waals surface area contributed by atoms with Gasteiger partial charge in [-0.1, -0.05) is 22.0 Å². The van der Waals surface area contributed by atoms with Crippen LogP contribution in [0.5, 0.6) is 0 Å². The van der Waals surface area contributed by atoms with Crippen molar-refractivity contribution in [1.29, 1.82) is 5.26 Å². The third-order valence-corrected chi connectivity index (χ3v) is 3.56. The molecule has 2 aromatic rings. The second-order valence-corrected chi connectivity index (χ2v) is 4.87. The number of hydrogen-bond acceptors (Lipinski definition) is 3. The van der Waals surface area contributed by atoms with E-state index in [-0.39, 0.29) is 0 Å². The second-order valence-electron chi connectivity index (χ2n) is 4.31. The van der Waals surface area contributed by atoms with Gasteiger partial charge in [0.15, 0.2) is 0 Å². The van der Waals surface area contributed by atoms with Crippen LogP contribution in [0.2, 0.25) is 0 Å². The highest BCUT2D eigenvalue weighted by Gasteiger charge is 2.08. The maximum absolute atomic E-state index is 9.25. The first-order chi connectivity index (χ1) is 9.24. The van der Waals surface area contributed by atoms with Crippen molar-refractivity contribution >= 4 is 21.6 Å². The molecule has 1 aromatic carbocycles. The molecule has 0 fully saturated rings. The molecule has 0 atom stereocenters. The maximum atomic E-state index is 9.25. The van der Waals surface area contributed by atoms with Gasteiger partial charge in [-0.25, -0.2) is 0 Å². The summed E-state index contributed by atoms with van der Waals surface area (Å²) < 4.78 is 0. The predicted octanol–water partition coefficient (Wildman–Crippen LogP) is 3.48. The summed E-state index contributed by atoms with van der Waals surface area (Å²) in [6, 6.07) is 12.2. The van der Waals surface area contributed by atoms with E-state index in [1.807, 2.05) is 37.4 Å².